The van der Waals surface area contributed by atoms with Crippen molar-refractivity contribution in [2.24, 2.45) is 17.4 Å². The summed E-state index contributed by atoms with van der Waals surface area (Å²) in [6, 6.07) is 7.79. The third-order valence-electron chi connectivity index (χ3n) is 3.70. The number of rotatable bonds is 4. The molecular formula is C14H22ClN3O. The largest absolute Gasteiger partial charge is 0.366 e. The molecule has 0 radical (unpaired) electrons. The average Bonchev–Trinajstić information content (AvgIpc) is 2.78. The van der Waals surface area contributed by atoms with Crippen LogP contribution in [0.5, 0.6) is 0 Å². The van der Waals surface area contributed by atoms with E-state index in [1.807, 2.05) is 12.1 Å². The van der Waals surface area contributed by atoms with Gasteiger partial charge in [0.2, 0.25) is 5.91 Å². The van der Waals surface area contributed by atoms with Crippen molar-refractivity contribution in [2.75, 3.05) is 13.1 Å². The molecule has 1 heterocycles. The number of primary amides is 1. The first kappa shape index (κ1) is 16.0. The lowest BCUT2D eigenvalue weighted by Gasteiger charge is -2.17. The highest BCUT2D eigenvalue weighted by Gasteiger charge is 2.24. The summed E-state index contributed by atoms with van der Waals surface area (Å²) in [4.78, 5) is 13.4. The molecule has 5 heteroatoms. The van der Waals surface area contributed by atoms with E-state index in [4.69, 9.17) is 11.5 Å². The normalized spacial score (nSPS) is 20.8. The minimum absolute atomic E-state index is 0. The molecule has 0 spiro atoms. The summed E-state index contributed by atoms with van der Waals surface area (Å²) in [5, 5.41) is 0. The van der Waals surface area contributed by atoms with Crippen molar-refractivity contribution in [1.29, 1.82) is 0 Å². The van der Waals surface area contributed by atoms with E-state index in [0.717, 1.165) is 19.6 Å². The van der Waals surface area contributed by atoms with Gasteiger partial charge in [-0.15, -0.1) is 12.4 Å². The first-order valence-electron chi connectivity index (χ1n) is 6.43. The van der Waals surface area contributed by atoms with Gasteiger partial charge in [0.25, 0.3) is 0 Å². The number of halogens is 1. The Morgan fingerprint density at radius 2 is 2.05 bits per heavy atom. The third kappa shape index (κ3) is 4.20. The summed E-state index contributed by atoms with van der Waals surface area (Å²) in [5.74, 6) is 0.231. The van der Waals surface area contributed by atoms with Crippen LogP contribution in [0.3, 0.4) is 0 Å². The molecule has 1 aromatic carbocycles. The van der Waals surface area contributed by atoms with Gasteiger partial charge in [-0.1, -0.05) is 12.1 Å². The molecular weight excluding hydrogens is 262 g/mol. The fourth-order valence-electron chi connectivity index (χ4n) is 2.47. The molecule has 0 aliphatic carbocycles. The van der Waals surface area contributed by atoms with E-state index in [0.29, 0.717) is 11.5 Å². The van der Waals surface area contributed by atoms with Crippen molar-refractivity contribution in [3.63, 3.8) is 0 Å². The summed E-state index contributed by atoms with van der Waals surface area (Å²) >= 11 is 0. The predicted molar refractivity (Wildman–Crippen MR) is 79.2 cm³/mol. The number of nitrogens with zero attached hydrogens (tertiary/aromatic N) is 1. The summed E-state index contributed by atoms with van der Waals surface area (Å²) in [7, 11) is 0. The zero-order chi connectivity index (χ0) is 13.1. The van der Waals surface area contributed by atoms with Crippen LogP contribution in [0, 0.1) is 5.92 Å². The van der Waals surface area contributed by atoms with Crippen LogP contribution in [0.15, 0.2) is 24.3 Å². The lowest BCUT2D eigenvalue weighted by Crippen LogP contribution is -2.29. The SMILES string of the molecule is CC(N)C1CCN(Cc2ccc(C(N)=O)cc2)C1.Cl. The smallest absolute Gasteiger partial charge is 0.248 e. The topological polar surface area (TPSA) is 72.3 Å². The summed E-state index contributed by atoms with van der Waals surface area (Å²) < 4.78 is 0. The zero-order valence-corrected chi connectivity index (χ0v) is 12.0. The van der Waals surface area contributed by atoms with Crippen LogP contribution in [0.25, 0.3) is 0 Å². The second kappa shape index (κ2) is 6.89. The van der Waals surface area contributed by atoms with Gasteiger partial charge < -0.3 is 11.5 Å². The Kier molecular flexibility index (Phi) is 5.79. The van der Waals surface area contributed by atoms with Crippen molar-refractivity contribution in [3.05, 3.63) is 35.4 Å². The Bertz CT molecular complexity index is 419. The number of nitrogens with two attached hydrogens (primary N) is 2. The van der Waals surface area contributed by atoms with Crippen molar-refractivity contribution in [3.8, 4) is 0 Å². The molecule has 19 heavy (non-hydrogen) atoms. The van der Waals surface area contributed by atoms with Gasteiger partial charge in [-0.3, -0.25) is 9.69 Å². The van der Waals surface area contributed by atoms with Crippen LogP contribution in [0.4, 0.5) is 0 Å². The molecule has 2 atom stereocenters. The number of hydrogen-bond acceptors (Lipinski definition) is 3. The molecule has 2 unspecified atom stereocenters. The van der Waals surface area contributed by atoms with Gasteiger partial charge >= 0.3 is 0 Å². The van der Waals surface area contributed by atoms with E-state index >= 15 is 0 Å². The Morgan fingerprint density at radius 3 is 2.53 bits per heavy atom. The van der Waals surface area contributed by atoms with Crippen LogP contribution < -0.4 is 11.5 Å². The van der Waals surface area contributed by atoms with Gasteiger partial charge in [0.05, 0.1) is 0 Å². The molecule has 1 amide bonds. The molecule has 1 aliphatic heterocycles. The molecule has 0 bridgehead atoms. The molecule has 4 N–H and O–H groups in total. The number of benzene rings is 1. The fraction of sp³-hybridized carbons (Fsp3) is 0.500. The highest BCUT2D eigenvalue weighted by Crippen LogP contribution is 2.20. The van der Waals surface area contributed by atoms with Gasteiger partial charge in [-0.25, -0.2) is 0 Å². The van der Waals surface area contributed by atoms with Crippen molar-refractivity contribution < 1.29 is 4.79 Å². The Labute approximate surface area is 120 Å². The standard InChI is InChI=1S/C14H21N3O.ClH/c1-10(15)13-6-7-17(9-13)8-11-2-4-12(5-3-11)14(16)18;/h2-5,10,13H,6-9,15H2,1H3,(H2,16,18);1H. The summed E-state index contributed by atoms with van der Waals surface area (Å²) in [6.07, 6.45) is 1.18. The Morgan fingerprint density at radius 1 is 1.42 bits per heavy atom. The molecule has 1 fully saturated rings. The highest BCUT2D eigenvalue weighted by atomic mass is 35.5. The maximum absolute atomic E-state index is 11.0. The van der Waals surface area contributed by atoms with Crippen LogP contribution in [0.2, 0.25) is 0 Å². The second-order valence-electron chi connectivity index (χ2n) is 5.20. The maximum atomic E-state index is 11.0. The van der Waals surface area contributed by atoms with Gasteiger partial charge in [0, 0.05) is 24.7 Å². The molecule has 0 saturated carbocycles. The minimum Gasteiger partial charge on any atom is -0.366 e. The van der Waals surface area contributed by atoms with E-state index in [-0.39, 0.29) is 24.4 Å². The molecule has 1 aliphatic rings. The number of carbonyl (C=O) groups is 1. The van der Waals surface area contributed by atoms with Gasteiger partial charge in [-0.2, -0.15) is 0 Å². The van der Waals surface area contributed by atoms with Crippen molar-refractivity contribution in [1.82, 2.24) is 4.90 Å². The lowest BCUT2D eigenvalue weighted by atomic mass is 10.0. The van der Waals surface area contributed by atoms with Crippen LogP contribution >= 0.6 is 12.4 Å². The molecule has 1 saturated heterocycles. The second-order valence-corrected chi connectivity index (χ2v) is 5.20. The predicted octanol–water partition coefficient (Wildman–Crippen LogP) is 1.38. The van der Waals surface area contributed by atoms with Crippen LogP contribution in [-0.4, -0.2) is 29.9 Å². The lowest BCUT2D eigenvalue weighted by molar-refractivity contribution is 0.100. The van der Waals surface area contributed by atoms with Crippen LogP contribution in [-0.2, 0) is 6.54 Å². The van der Waals surface area contributed by atoms with E-state index in [1.165, 1.54) is 12.0 Å². The minimum atomic E-state index is -0.375. The first-order chi connectivity index (χ1) is 8.56. The van der Waals surface area contributed by atoms with E-state index < -0.39 is 0 Å². The van der Waals surface area contributed by atoms with E-state index in [2.05, 4.69) is 11.8 Å². The number of carbonyl (C=O) groups excluding carboxylic acids is 1. The Hall–Kier alpha value is -1.10. The molecule has 1 aromatic rings. The number of amides is 1. The fourth-order valence-corrected chi connectivity index (χ4v) is 2.47. The number of likely N-dealkylation sites (tertiary alicyclic amines) is 1. The summed E-state index contributed by atoms with van der Waals surface area (Å²) in [5.41, 5.74) is 12.9. The monoisotopic (exact) mass is 283 g/mol. The van der Waals surface area contributed by atoms with Crippen molar-refractivity contribution >= 4 is 18.3 Å². The number of hydrogen-bond donors (Lipinski definition) is 2. The van der Waals surface area contributed by atoms with Gasteiger partial charge in [0.15, 0.2) is 0 Å². The quantitative estimate of drug-likeness (QED) is 0.877. The van der Waals surface area contributed by atoms with Crippen LogP contribution in [0.1, 0.15) is 29.3 Å². The van der Waals surface area contributed by atoms with Gasteiger partial charge in [-0.05, 0) is 43.5 Å². The first-order valence-corrected chi connectivity index (χ1v) is 6.43. The van der Waals surface area contributed by atoms with E-state index in [1.54, 1.807) is 12.1 Å². The highest BCUT2D eigenvalue weighted by molar-refractivity contribution is 5.92. The van der Waals surface area contributed by atoms with Crippen molar-refractivity contribution in [2.45, 2.75) is 25.9 Å². The molecule has 4 nitrogen and oxygen atoms in total. The zero-order valence-electron chi connectivity index (χ0n) is 11.2. The van der Waals surface area contributed by atoms with Gasteiger partial charge in [0.1, 0.15) is 0 Å². The molecule has 2 rings (SSSR count). The molecule has 106 valence electrons. The molecule has 0 aromatic heterocycles. The Balaban J connectivity index is 0.00000180. The van der Waals surface area contributed by atoms with E-state index in [9.17, 15) is 4.79 Å². The maximum Gasteiger partial charge on any atom is 0.248 e. The summed E-state index contributed by atoms with van der Waals surface area (Å²) in [6.45, 7) is 5.16. The average molecular weight is 284 g/mol. The third-order valence-corrected chi connectivity index (χ3v) is 3.70.